The van der Waals surface area contributed by atoms with Crippen molar-refractivity contribution in [3.8, 4) is 0 Å². The van der Waals surface area contributed by atoms with E-state index in [0.29, 0.717) is 4.60 Å². The second-order valence-corrected chi connectivity index (χ2v) is 2.76. The standard InChI is InChI=1S/C7H6BrF2N/c1-7(9,10)5-2-3-6(8)11-4-5/h2-4H,1H3/i1D3. The van der Waals surface area contributed by atoms with Crippen molar-refractivity contribution in [2.75, 3.05) is 0 Å². The molecule has 0 aliphatic rings. The van der Waals surface area contributed by atoms with Crippen LogP contribution in [0.15, 0.2) is 22.9 Å². The van der Waals surface area contributed by atoms with Gasteiger partial charge in [-0.1, -0.05) is 0 Å². The lowest BCUT2D eigenvalue weighted by molar-refractivity contribution is 0.0171. The van der Waals surface area contributed by atoms with Gasteiger partial charge < -0.3 is 0 Å². The van der Waals surface area contributed by atoms with Crippen LogP contribution in [0.5, 0.6) is 0 Å². The Morgan fingerprint density at radius 1 is 1.64 bits per heavy atom. The molecule has 1 heterocycles. The highest BCUT2D eigenvalue weighted by Gasteiger charge is 2.23. The highest BCUT2D eigenvalue weighted by atomic mass is 79.9. The highest BCUT2D eigenvalue weighted by Crippen LogP contribution is 2.26. The van der Waals surface area contributed by atoms with Crippen LogP contribution in [-0.4, -0.2) is 4.98 Å². The van der Waals surface area contributed by atoms with Crippen LogP contribution in [0.3, 0.4) is 0 Å². The number of alkyl halides is 2. The molecule has 0 spiro atoms. The van der Waals surface area contributed by atoms with Gasteiger partial charge in [0, 0.05) is 22.7 Å². The van der Waals surface area contributed by atoms with E-state index in [1.54, 1.807) is 0 Å². The molecule has 0 N–H and O–H groups in total. The lowest BCUT2D eigenvalue weighted by Crippen LogP contribution is -2.06. The monoisotopic (exact) mass is 224 g/mol. The number of nitrogens with zero attached hydrogens (tertiary/aromatic N) is 1. The lowest BCUT2D eigenvalue weighted by atomic mass is 10.2. The van der Waals surface area contributed by atoms with Gasteiger partial charge in [-0.3, -0.25) is 0 Å². The minimum atomic E-state index is -3.86. The third-order valence-electron chi connectivity index (χ3n) is 1.09. The molecule has 0 radical (unpaired) electrons. The van der Waals surface area contributed by atoms with Crippen molar-refractivity contribution in [3.63, 3.8) is 0 Å². The second kappa shape index (κ2) is 2.85. The largest absolute Gasteiger partial charge is 0.272 e. The Kier molecular flexibility index (Phi) is 1.35. The van der Waals surface area contributed by atoms with Crippen LogP contribution in [0, 0.1) is 0 Å². The molecule has 1 aromatic heterocycles. The van der Waals surface area contributed by atoms with Gasteiger partial charge in [-0.15, -0.1) is 0 Å². The average Bonchev–Trinajstić information content (AvgIpc) is 2.03. The van der Waals surface area contributed by atoms with Crippen molar-refractivity contribution in [2.45, 2.75) is 12.8 Å². The van der Waals surface area contributed by atoms with Crippen LogP contribution in [0.2, 0.25) is 0 Å². The molecular weight excluding hydrogens is 216 g/mol. The van der Waals surface area contributed by atoms with E-state index in [2.05, 4.69) is 20.9 Å². The first-order valence-corrected chi connectivity index (χ1v) is 3.54. The predicted molar refractivity (Wildman–Crippen MR) is 41.5 cm³/mol. The Bertz CT molecular complexity index is 323. The van der Waals surface area contributed by atoms with Gasteiger partial charge in [-0.25, -0.2) is 13.8 Å². The Labute approximate surface area is 75.8 Å². The summed E-state index contributed by atoms with van der Waals surface area (Å²) < 4.78 is 46.7. The number of aromatic nitrogens is 1. The quantitative estimate of drug-likeness (QED) is 0.669. The first kappa shape index (κ1) is 5.19. The van der Waals surface area contributed by atoms with Gasteiger partial charge in [-0.2, -0.15) is 0 Å². The van der Waals surface area contributed by atoms with E-state index in [-0.39, 0.29) is 0 Å². The summed E-state index contributed by atoms with van der Waals surface area (Å²) in [6, 6.07) is 2.30. The Morgan fingerprint density at radius 3 is 2.82 bits per heavy atom. The number of pyridine rings is 1. The maximum absolute atomic E-state index is 13.2. The zero-order valence-corrected chi connectivity index (χ0v) is 6.90. The zero-order chi connectivity index (χ0) is 11.0. The molecule has 0 aliphatic carbocycles. The van der Waals surface area contributed by atoms with Gasteiger partial charge in [0.2, 0.25) is 0 Å². The van der Waals surface area contributed by atoms with Gasteiger partial charge in [-0.05, 0) is 28.1 Å². The average molecular weight is 225 g/mol. The molecule has 1 rings (SSSR count). The minimum Gasteiger partial charge on any atom is -0.249 e. The zero-order valence-electron chi connectivity index (χ0n) is 8.31. The van der Waals surface area contributed by atoms with Crippen LogP contribution in [0.4, 0.5) is 8.78 Å². The number of rotatable bonds is 1. The highest BCUT2D eigenvalue weighted by molar-refractivity contribution is 9.10. The van der Waals surface area contributed by atoms with Gasteiger partial charge in [0.05, 0.1) is 0 Å². The predicted octanol–water partition coefficient (Wildman–Crippen LogP) is 2.96. The van der Waals surface area contributed by atoms with Gasteiger partial charge in [0.1, 0.15) is 4.60 Å². The van der Waals surface area contributed by atoms with E-state index < -0.39 is 18.3 Å². The summed E-state index contributed by atoms with van der Waals surface area (Å²) in [6.45, 7) is -3.34. The van der Waals surface area contributed by atoms with Gasteiger partial charge >= 0.3 is 0 Å². The summed E-state index contributed by atoms with van der Waals surface area (Å²) in [4.78, 5) is 3.55. The molecule has 0 aliphatic heterocycles. The van der Waals surface area contributed by atoms with Crippen LogP contribution in [0.1, 0.15) is 16.5 Å². The van der Waals surface area contributed by atoms with Crippen molar-refractivity contribution in [3.05, 3.63) is 28.5 Å². The second-order valence-electron chi connectivity index (χ2n) is 1.94. The van der Waals surface area contributed by atoms with Crippen LogP contribution >= 0.6 is 15.9 Å². The molecular formula is C7H6BrF2N. The summed E-state index contributed by atoms with van der Waals surface area (Å²) in [6.07, 6.45) is 0.844. The van der Waals surface area contributed by atoms with Crippen molar-refractivity contribution >= 4 is 15.9 Å². The summed E-state index contributed by atoms with van der Waals surface area (Å²) in [7, 11) is 0. The topological polar surface area (TPSA) is 12.9 Å². The third kappa shape index (κ3) is 2.22. The first-order chi connectivity index (χ1) is 6.25. The Balaban J connectivity index is 3.10. The molecule has 0 atom stereocenters. The van der Waals surface area contributed by atoms with Crippen molar-refractivity contribution in [1.82, 2.24) is 4.98 Å². The molecule has 1 nitrogen and oxygen atoms in total. The third-order valence-corrected chi connectivity index (χ3v) is 1.56. The van der Waals surface area contributed by atoms with Crippen molar-refractivity contribution < 1.29 is 12.9 Å². The maximum atomic E-state index is 13.2. The summed E-state index contributed by atoms with van der Waals surface area (Å²) in [5, 5.41) is 0. The van der Waals surface area contributed by atoms with E-state index in [1.807, 2.05) is 0 Å². The summed E-state index contributed by atoms with van der Waals surface area (Å²) in [5.41, 5.74) is -0.610. The Hall–Kier alpha value is -0.510. The molecule has 0 saturated heterocycles. The van der Waals surface area contributed by atoms with Crippen LogP contribution < -0.4 is 0 Å². The number of hydrogen-bond acceptors (Lipinski definition) is 1. The summed E-state index contributed by atoms with van der Waals surface area (Å²) in [5.74, 6) is -3.86. The van der Waals surface area contributed by atoms with E-state index in [4.69, 9.17) is 4.11 Å². The molecule has 11 heavy (non-hydrogen) atoms. The summed E-state index contributed by atoms with van der Waals surface area (Å²) >= 11 is 2.97. The molecule has 0 fully saturated rings. The normalized spacial score (nSPS) is 16.8. The Morgan fingerprint density at radius 2 is 2.36 bits per heavy atom. The van der Waals surface area contributed by atoms with Crippen molar-refractivity contribution in [2.24, 2.45) is 0 Å². The SMILES string of the molecule is [2H]C([2H])([2H])C(F)(F)c1ccc(Br)nc1. The fraction of sp³-hybridized carbons (Fsp3) is 0.286. The van der Waals surface area contributed by atoms with Crippen LogP contribution in [-0.2, 0) is 5.92 Å². The number of hydrogen-bond donors (Lipinski definition) is 0. The smallest absolute Gasteiger partial charge is 0.249 e. The fourth-order valence-corrected chi connectivity index (χ4v) is 0.796. The molecule has 0 saturated carbocycles. The lowest BCUT2D eigenvalue weighted by Gasteiger charge is -2.08. The van der Waals surface area contributed by atoms with Gasteiger partial charge in [0.15, 0.2) is 0 Å². The molecule has 4 heteroatoms. The van der Waals surface area contributed by atoms with E-state index in [1.165, 1.54) is 6.07 Å². The van der Waals surface area contributed by atoms with E-state index >= 15 is 0 Å². The fourth-order valence-electron chi connectivity index (χ4n) is 0.562. The van der Waals surface area contributed by atoms with Gasteiger partial charge in [0.25, 0.3) is 5.92 Å². The van der Waals surface area contributed by atoms with E-state index in [9.17, 15) is 8.78 Å². The molecule has 0 bridgehead atoms. The molecule has 0 unspecified atom stereocenters. The van der Waals surface area contributed by atoms with Crippen molar-refractivity contribution in [1.29, 1.82) is 0 Å². The maximum Gasteiger partial charge on any atom is 0.272 e. The first-order valence-electron chi connectivity index (χ1n) is 4.25. The van der Waals surface area contributed by atoms with Crippen LogP contribution in [0.25, 0.3) is 0 Å². The molecule has 0 amide bonds. The molecule has 60 valence electrons. The molecule has 0 aromatic carbocycles. The molecule has 1 aromatic rings. The minimum absolute atomic E-state index is 0.377. The number of halogens is 3. The van der Waals surface area contributed by atoms with E-state index in [0.717, 1.165) is 12.3 Å².